The van der Waals surface area contributed by atoms with E-state index < -0.39 is 0 Å². The number of fused-ring (bicyclic) bond motifs is 1. The number of aromatic nitrogens is 3. The molecule has 0 saturated heterocycles. The number of rotatable bonds is 3. The molecule has 106 valence electrons. The van der Waals surface area contributed by atoms with Crippen LogP contribution >= 0.6 is 0 Å². The van der Waals surface area contributed by atoms with E-state index in [2.05, 4.69) is 59.1 Å². The maximum absolute atomic E-state index is 4.44. The summed E-state index contributed by atoms with van der Waals surface area (Å²) in [5.74, 6) is 2.09. The quantitative estimate of drug-likeness (QED) is 0.932. The first-order valence-corrected chi connectivity index (χ1v) is 7.44. The Morgan fingerprint density at radius 1 is 1.25 bits per heavy atom. The van der Waals surface area contributed by atoms with Crippen LogP contribution in [0.5, 0.6) is 0 Å². The van der Waals surface area contributed by atoms with E-state index in [1.54, 1.807) is 0 Å². The molecule has 1 aromatic heterocycles. The van der Waals surface area contributed by atoms with Crippen molar-refractivity contribution in [1.82, 2.24) is 20.1 Å². The molecule has 1 aliphatic rings. The first-order chi connectivity index (χ1) is 9.70. The zero-order chi connectivity index (χ0) is 14.1. The van der Waals surface area contributed by atoms with Gasteiger partial charge in [0, 0.05) is 18.7 Å². The number of hydrogen-bond donors (Lipinski definition) is 1. The third kappa shape index (κ3) is 2.24. The van der Waals surface area contributed by atoms with Gasteiger partial charge < -0.3 is 9.88 Å². The standard InChI is InChI=1S/C16H22N4/c1-4-5-14-16-19-18-15(20(16)9-8-17-14)13-7-6-11(2)12(3)10-13/h6-7,10,14,17H,4-5,8-9H2,1-3H3. The van der Waals surface area contributed by atoms with Crippen LogP contribution < -0.4 is 5.32 Å². The molecule has 0 fully saturated rings. The molecule has 1 unspecified atom stereocenters. The highest BCUT2D eigenvalue weighted by Gasteiger charge is 2.24. The van der Waals surface area contributed by atoms with Crippen LogP contribution in [0.4, 0.5) is 0 Å². The van der Waals surface area contributed by atoms with Gasteiger partial charge in [-0.05, 0) is 37.5 Å². The molecule has 1 N–H and O–H groups in total. The minimum absolute atomic E-state index is 0.349. The Bertz CT molecular complexity index is 615. The Balaban J connectivity index is 2.01. The molecule has 4 heteroatoms. The molecule has 0 saturated carbocycles. The van der Waals surface area contributed by atoms with E-state index in [-0.39, 0.29) is 0 Å². The van der Waals surface area contributed by atoms with Crippen LogP contribution in [0.3, 0.4) is 0 Å². The van der Waals surface area contributed by atoms with Gasteiger partial charge in [-0.25, -0.2) is 0 Å². The Morgan fingerprint density at radius 3 is 2.85 bits per heavy atom. The van der Waals surface area contributed by atoms with Gasteiger partial charge in [-0.15, -0.1) is 10.2 Å². The van der Waals surface area contributed by atoms with Gasteiger partial charge in [-0.2, -0.15) is 0 Å². The monoisotopic (exact) mass is 270 g/mol. The molecule has 1 aliphatic heterocycles. The summed E-state index contributed by atoms with van der Waals surface area (Å²) in [6.45, 7) is 8.44. The summed E-state index contributed by atoms with van der Waals surface area (Å²) in [6, 6.07) is 6.87. The molecule has 3 rings (SSSR count). The molecule has 0 bridgehead atoms. The van der Waals surface area contributed by atoms with E-state index in [1.807, 2.05) is 0 Å². The van der Waals surface area contributed by atoms with Crippen LogP contribution in [-0.2, 0) is 6.54 Å². The van der Waals surface area contributed by atoms with E-state index in [9.17, 15) is 0 Å². The lowest BCUT2D eigenvalue weighted by Gasteiger charge is -2.24. The lowest BCUT2D eigenvalue weighted by Crippen LogP contribution is -2.33. The van der Waals surface area contributed by atoms with Crippen LogP contribution in [0.2, 0.25) is 0 Å². The summed E-state index contributed by atoms with van der Waals surface area (Å²) < 4.78 is 2.28. The lowest BCUT2D eigenvalue weighted by atomic mass is 10.1. The zero-order valence-corrected chi connectivity index (χ0v) is 12.5. The molecule has 0 aliphatic carbocycles. The summed E-state index contributed by atoms with van der Waals surface area (Å²) >= 11 is 0. The fraction of sp³-hybridized carbons (Fsp3) is 0.500. The molecule has 0 radical (unpaired) electrons. The molecule has 20 heavy (non-hydrogen) atoms. The summed E-state index contributed by atoms with van der Waals surface area (Å²) in [6.07, 6.45) is 2.27. The van der Waals surface area contributed by atoms with Gasteiger partial charge in [-0.1, -0.05) is 25.5 Å². The normalized spacial score (nSPS) is 18.1. The highest BCUT2D eigenvalue weighted by molar-refractivity contribution is 5.58. The fourth-order valence-corrected chi connectivity index (χ4v) is 2.85. The number of nitrogens with one attached hydrogen (secondary N) is 1. The predicted octanol–water partition coefficient (Wildman–Crippen LogP) is 3.01. The van der Waals surface area contributed by atoms with Crippen LogP contribution in [0.25, 0.3) is 11.4 Å². The third-order valence-corrected chi connectivity index (χ3v) is 4.16. The Hall–Kier alpha value is -1.68. The highest BCUT2D eigenvalue weighted by atomic mass is 15.3. The SMILES string of the molecule is CCCC1NCCn2c(-c3ccc(C)c(C)c3)nnc21. The minimum atomic E-state index is 0.349. The second-order valence-corrected chi connectivity index (χ2v) is 5.63. The average molecular weight is 270 g/mol. The van der Waals surface area contributed by atoms with E-state index in [4.69, 9.17) is 0 Å². The largest absolute Gasteiger partial charge is 0.308 e. The summed E-state index contributed by atoms with van der Waals surface area (Å²) in [4.78, 5) is 0. The summed E-state index contributed by atoms with van der Waals surface area (Å²) in [5.41, 5.74) is 3.79. The van der Waals surface area contributed by atoms with Gasteiger partial charge in [0.2, 0.25) is 0 Å². The van der Waals surface area contributed by atoms with Crippen molar-refractivity contribution >= 4 is 0 Å². The molecule has 0 spiro atoms. The molecule has 0 amide bonds. The number of aryl methyl sites for hydroxylation is 2. The predicted molar refractivity (Wildman–Crippen MR) is 80.6 cm³/mol. The van der Waals surface area contributed by atoms with E-state index in [0.29, 0.717) is 6.04 Å². The van der Waals surface area contributed by atoms with Crippen molar-refractivity contribution in [3.05, 3.63) is 35.2 Å². The molecular formula is C16H22N4. The Kier molecular flexibility index (Phi) is 3.57. The van der Waals surface area contributed by atoms with Crippen molar-refractivity contribution in [1.29, 1.82) is 0 Å². The highest BCUT2D eigenvalue weighted by Crippen LogP contribution is 2.27. The number of nitrogens with zero attached hydrogens (tertiary/aromatic N) is 3. The maximum atomic E-state index is 4.44. The smallest absolute Gasteiger partial charge is 0.164 e. The summed E-state index contributed by atoms with van der Waals surface area (Å²) in [5, 5.41) is 12.4. The second kappa shape index (κ2) is 5.37. The third-order valence-electron chi connectivity index (χ3n) is 4.16. The molecule has 2 aromatic rings. The molecule has 1 atom stereocenters. The first-order valence-electron chi connectivity index (χ1n) is 7.44. The van der Waals surface area contributed by atoms with E-state index in [1.165, 1.54) is 16.7 Å². The van der Waals surface area contributed by atoms with Crippen LogP contribution in [0, 0.1) is 13.8 Å². The molecule has 1 aromatic carbocycles. The van der Waals surface area contributed by atoms with Gasteiger partial charge in [0.25, 0.3) is 0 Å². The van der Waals surface area contributed by atoms with Crippen molar-refractivity contribution in [2.24, 2.45) is 0 Å². The van der Waals surface area contributed by atoms with Gasteiger partial charge in [0.1, 0.15) is 0 Å². The summed E-state index contributed by atoms with van der Waals surface area (Å²) in [7, 11) is 0. The van der Waals surface area contributed by atoms with Gasteiger partial charge in [0.15, 0.2) is 11.6 Å². The Morgan fingerprint density at radius 2 is 2.10 bits per heavy atom. The molecule has 4 nitrogen and oxygen atoms in total. The van der Waals surface area contributed by atoms with Gasteiger partial charge in [0.05, 0.1) is 6.04 Å². The first kappa shape index (κ1) is 13.3. The van der Waals surface area contributed by atoms with Crippen molar-refractivity contribution in [3.8, 4) is 11.4 Å². The number of hydrogen-bond acceptors (Lipinski definition) is 3. The maximum Gasteiger partial charge on any atom is 0.164 e. The second-order valence-electron chi connectivity index (χ2n) is 5.63. The van der Waals surface area contributed by atoms with Crippen molar-refractivity contribution in [3.63, 3.8) is 0 Å². The van der Waals surface area contributed by atoms with E-state index >= 15 is 0 Å². The van der Waals surface area contributed by atoms with Gasteiger partial charge >= 0.3 is 0 Å². The van der Waals surface area contributed by atoms with Gasteiger partial charge in [-0.3, -0.25) is 0 Å². The van der Waals surface area contributed by atoms with Crippen LogP contribution in [0.15, 0.2) is 18.2 Å². The van der Waals surface area contributed by atoms with Crippen molar-refractivity contribution in [2.75, 3.05) is 6.54 Å². The average Bonchev–Trinajstić information content (AvgIpc) is 2.87. The van der Waals surface area contributed by atoms with Crippen LogP contribution in [0.1, 0.15) is 42.8 Å². The van der Waals surface area contributed by atoms with Crippen LogP contribution in [-0.4, -0.2) is 21.3 Å². The molecular weight excluding hydrogens is 248 g/mol. The van der Waals surface area contributed by atoms with Crippen molar-refractivity contribution in [2.45, 2.75) is 46.2 Å². The minimum Gasteiger partial charge on any atom is -0.308 e. The Labute approximate surface area is 120 Å². The lowest BCUT2D eigenvalue weighted by molar-refractivity contribution is 0.394. The zero-order valence-electron chi connectivity index (χ0n) is 12.5. The topological polar surface area (TPSA) is 42.7 Å². The van der Waals surface area contributed by atoms with Crippen molar-refractivity contribution < 1.29 is 0 Å². The number of benzene rings is 1. The fourth-order valence-electron chi connectivity index (χ4n) is 2.85. The molecule has 2 heterocycles. The van der Waals surface area contributed by atoms with E-state index in [0.717, 1.165) is 37.6 Å².